The maximum Gasteiger partial charge on any atom is 0.118 e. The Morgan fingerprint density at radius 3 is 2.40 bits per heavy atom. The Balaban J connectivity index is 1.73. The Kier molecular flexibility index (Phi) is 6.45. The van der Waals surface area contributed by atoms with Crippen LogP contribution in [0.4, 0.5) is 0 Å². The molecular weight excluding hydrogens is 435 g/mol. The molecule has 1 heterocycles. The zero-order valence-corrected chi connectivity index (χ0v) is 19.8. The van der Waals surface area contributed by atoms with Gasteiger partial charge in [-0.2, -0.15) is 0 Å². The van der Waals surface area contributed by atoms with E-state index in [0.29, 0.717) is 12.5 Å². The van der Waals surface area contributed by atoms with Gasteiger partial charge in [0, 0.05) is 15.2 Å². The molecule has 0 amide bonds. The quantitative estimate of drug-likeness (QED) is 0.349. The van der Waals surface area contributed by atoms with Crippen molar-refractivity contribution in [3.63, 3.8) is 0 Å². The highest BCUT2D eigenvalue weighted by atomic mass is 35.5. The smallest absolute Gasteiger partial charge is 0.118 e. The normalized spacial score (nSPS) is 20.0. The van der Waals surface area contributed by atoms with E-state index in [1.165, 1.54) is 21.6 Å². The minimum Gasteiger partial charge on any atom is -0.497 e. The van der Waals surface area contributed by atoms with Crippen LogP contribution in [-0.2, 0) is 23.6 Å². The van der Waals surface area contributed by atoms with Crippen molar-refractivity contribution in [2.75, 3.05) is 7.11 Å². The van der Waals surface area contributed by atoms with Gasteiger partial charge in [0.05, 0.1) is 30.7 Å². The number of alkyl halides is 1. The van der Waals surface area contributed by atoms with Gasteiger partial charge in [-0.1, -0.05) is 67.9 Å². The minimum atomic E-state index is -0.117. The summed E-state index contributed by atoms with van der Waals surface area (Å²) in [4.78, 5) is 2.25. The van der Waals surface area contributed by atoms with E-state index in [1.807, 2.05) is 30.3 Å². The Bertz CT molecular complexity index is 996. The molecule has 3 aromatic rings. The molecule has 2 unspecified atom stereocenters. The predicted octanol–water partition coefficient (Wildman–Crippen LogP) is 7.77. The molecule has 0 N–H and O–H groups in total. The number of thiophene rings is 1. The molecule has 1 aliphatic rings. The van der Waals surface area contributed by atoms with Crippen molar-refractivity contribution in [2.45, 2.75) is 44.8 Å². The van der Waals surface area contributed by atoms with Gasteiger partial charge < -0.3 is 9.47 Å². The number of methoxy groups -OCH3 is 1. The van der Waals surface area contributed by atoms with Crippen LogP contribution in [0.1, 0.15) is 52.3 Å². The van der Waals surface area contributed by atoms with Crippen molar-refractivity contribution in [2.24, 2.45) is 5.41 Å². The van der Waals surface area contributed by atoms with Crippen LogP contribution in [0.5, 0.6) is 5.75 Å². The van der Waals surface area contributed by atoms with Crippen molar-refractivity contribution >= 4 is 34.5 Å². The minimum absolute atomic E-state index is 0.0620. The zero-order valence-electron chi connectivity index (χ0n) is 17.5. The summed E-state index contributed by atoms with van der Waals surface area (Å²) in [6, 6.07) is 18.7. The molecule has 0 fully saturated rings. The van der Waals surface area contributed by atoms with Gasteiger partial charge >= 0.3 is 0 Å². The van der Waals surface area contributed by atoms with Gasteiger partial charge in [-0.25, -0.2) is 0 Å². The van der Waals surface area contributed by atoms with E-state index in [4.69, 9.17) is 32.7 Å². The molecule has 4 rings (SSSR count). The lowest BCUT2D eigenvalue weighted by Gasteiger charge is -2.45. The lowest BCUT2D eigenvalue weighted by Crippen LogP contribution is -2.36. The lowest BCUT2D eigenvalue weighted by atomic mass is 9.64. The number of benzene rings is 2. The van der Waals surface area contributed by atoms with Crippen LogP contribution < -0.4 is 4.74 Å². The Morgan fingerprint density at radius 1 is 1.07 bits per heavy atom. The summed E-state index contributed by atoms with van der Waals surface area (Å²) in [6.07, 6.45) is 0.819. The standard InChI is InChI=1S/C25H26Cl2O2S/c1-25(2)20(17-9-11-18(28-3)12-10-17)13-19-22(27)21(14-26)30-23(19)24(25)29-15-16-7-5-4-6-8-16/h4-12,20,24H,13-15H2,1-3H3. The van der Waals surface area contributed by atoms with E-state index in [0.717, 1.165) is 22.1 Å². The first-order valence-electron chi connectivity index (χ1n) is 10.1. The molecule has 0 saturated heterocycles. The van der Waals surface area contributed by atoms with Crippen molar-refractivity contribution in [3.8, 4) is 5.75 Å². The van der Waals surface area contributed by atoms with Gasteiger partial charge in [-0.3, -0.25) is 0 Å². The summed E-state index contributed by atoms with van der Waals surface area (Å²) in [5.41, 5.74) is 3.51. The second-order valence-corrected chi connectivity index (χ2v) is 10.1. The molecule has 2 aromatic carbocycles. The number of hydrogen-bond acceptors (Lipinski definition) is 3. The lowest BCUT2D eigenvalue weighted by molar-refractivity contribution is -0.0549. The molecule has 2 atom stereocenters. The monoisotopic (exact) mass is 460 g/mol. The van der Waals surface area contributed by atoms with Gasteiger partial charge in [0.15, 0.2) is 0 Å². The number of ether oxygens (including phenoxy) is 2. The molecule has 158 valence electrons. The van der Waals surface area contributed by atoms with Crippen LogP contribution in [0.3, 0.4) is 0 Å². The zero-order chi connectivity index (χ0) is 21.3. The summed E-state index contributed by atoms with van der Waals surface area (Å²) in [7, 11) is 1.69. The largest absolute Gasteiger partial charge is 0.497 e. The molecule has 5 heteroatoms. The fourth-order valence-electron chi connectivity index (χ4n) is 4.42. The molecule has 2 nitrogen and oxygen atoms in total. The maximum absolute atomic E-state index is 6.77. The van der Waals surface area contributed by atoms with Gasteiger partial charge in [0.2, 0.25) is 0 Å². The summed E-state index contributed by atoms with van der Waals surface area (Å²) in [5, 5.41) is 0.812. The number of fused-ring (bicyclic) bond motifs is 1. The predicted molar refractivity (Wildman–Crippen MR) is 126 cm³/mol. The SMILES string of the molecule is COc1ccc(C2Cc3c(sc(CCl)c3Cl)C(OCc3ccccc3)C2(C)C)cc1. The van der Waals surface area contributed by atoms with E-state index in [9.17, 15) is 0 Å². The van der Waals surface area contributed by atoms with Gasteiger partial charge in [-0.15, -0.1) is 22.9 Å². The average molecular weight is 461 g/mol. The Labute approximate surface area is 192 Å². The van der Waals surface area contributed by atoms with Crippen LogP contribution in [0, 0.1) is 5.41 Å². The van der Waals surface area contributed by atoms with Crippen molar-refractivity contribution in [3.05, 3.63) is 86.1 Å². The van der Waals surface area contributed by atoms with Crippen LogP contribution in [0.25, 0.3) is 0 Å². The molecule has 0 bridgehead atoms. The van der Waals surface area contributed by atoms with E-state index in [2.05, 4.69) is 38.1 Å². The number of hydrogen-bond donors (Lipinski definition) is 0. The third-order valence-corrected chi connectivity index (χ3v) is 8.43. The highest BCUT2D eigenvalue weighted by Gasteiger charge is 2.46. The average Bonchev–Trinajstić information content (AvgIpc) is 3.08. The second-order valence-electron chi connectivity index (χ2n) is 8.34. The highest BCUT2D eigenvalue weighted by molar-refractivity contribution is 7.13. The third-order valence-electron chi connectivity index (χ3n) is 6.16. The third kappa shape index (κ3) is 4.01. The topological polar surface area (TPSA) is 18.5 Å². The highest BCUT2D eigenvalue weighted by Crippen LogP contribution is 2.57. The first-order chi connectivity index (χ1) is 14.5. The van der Waals surface area contributed by atoms with Crippen molar-refractivity contribution in [1.82, 2.24) is 0 Å². The molecule has 0 spiro atoms. The molecular formula is C25H26Cl2O2S. The van der Waals surface area contributed by atoms with E-state index < -0.39 is 0 Å². The van der Waals surface area contributed by atoms with Crippen molar-refractivity contribution in [1.29, 1.82) is 0 Å². The Hall–Kier alpha value is -1.52. The van der Waals surface area contributed by atoms with Crippen LogP contribution in [-0.4, -0.2) is 7.11 Å². The van der Waals surface area contributed by atoms with E-state index in [-0.39, 0.29) is 17.4 Å². The summed E-state index contributed by atoms with van der Waals surface area (Å²) in [6.45, 7) is 5.17. The van der Waals surface area contributed by atoms with Gasteiger partial charge in [-0.05, 0) is 41.2 Å². The second kappa shape index (κ2) is 8.92. The fourth-order valence-corrected chi connectivity index (χ4v) is 6.52. The van der Waals surface area contributed by atoms with E-state index >= 15 is 0 Å². The Morgan fingerprint density at radius 2 is 1.77 bits per heavy atom. The fraction of sp³-hybridized carbons (Fsp3) is 0.360. The summed E-state index contributed by atoms with van der Waals surface area (Å²) in [5.74, 6) is 1.56. The van der Waals surface area contributed by atoms with Crippen LogP contribution in [0.2, 0.25) is 5.02 Å². The summed E-state index contributed by atoms with van der Waals surface area (Å²) >= 11 is 14.7. The molecule has 0 radical (unpaired) electrons. The van der Waals surface area contributed by atoms with Crippen LogP contribution in [0.15, 0.2) is 54.6 Å². The van der Waals surface area contributed by atoms with E-state index in [1.54, 1.807) is 18.4 Å². The molecule has 1 aliphatic carbocycles. The van der Waals surface area contributed by atoms with Gasteiger partial charge in [0.25, 0.3) is 0 Å². The van der Waals surface area contributed by atoms with Crippen molar-refractivity contribution < 1.29 is 9.47 Å². The summed E-state index contributed by atoms with van der Waals surface area (Å²) < 4.78 is 12.0. The first-order valence-corrected chi connectivity index (χ1v) is 11.8. The molecule has 0 aliphatic heterocycles. The molecule has 30 heavy (non-hydrogen) atoms. The number of halogens is 2. The molecule has 0 saturated carbocycles. The molecule has 1 aromatic heterocycles. The number of rotatable bonds is 6. The maximum atomic E-state index is 6.77. The van der Waals surface area contributed by atoms with Gasteiger partial charge in [0.1, 0.15) is 5.75 Å². The van der Waals surface area contributed by atoms with Crippen LogP contribution >= 0.6 is 34.5 Å². The first kappa shape index (κ1) is 21.7.